The molecule has 0 atom stereocenters. The second-order valence-electron chi connectivity index (χ2n) is 6.74. The van der Waals surface area contributed by atoms with Crippen LogP contribution in [0.15, 0.2) is 84.0 Å². The number of para-hydroxylation sites is 2. The van der Waals surface area contributed by atoms with Crippen LogP contribution >= 0.6 is 0 Å². The van der Waals surface area contributed by atoms with Crippen LogP contribution in [0.1, 0.15) is 21.5 Å². The van der Waals surface area contributed by atoms with E-state index in [1.165, 1.54) is 16.8 Å². The highest BCUT2D eigenvalue weighted by atomic mass is 32.2. The number of benzene rings is 3. The molecule has 3 aromatic carbocycles. The lowest BCUT2D eigenvalue weighted by molar-refractivity contribution is 0.0955. The number of carbonyl (C=O) groups excluding carboxylic acids is 1. The number of anilines is 1. The van der Waals surface area contributed by atoms with E-state index in [4.69, 9.17) is 4.74 Å². The largest absolute Gasteiger partial charge is 0.496 e. The maximum atomic E-state index is 12.3. The van der Waals surface area contributed by atoms with Crippen LogP contribution in [0.3, 0.4) is 0 Å². The number of sulfonamides is 1. The number of carbonyl (C=O) groups is 1. The Balaban J connectivity index is 1.68. The summed E-state index contributed by atoms with van der Waals surface area (Å²) < 4.78 is 31.0. The molecule has 1 N–H and O–H groups in total. The average molecular weight is 438 g/mol. The highest BCUT2D eigenvalue weighted by molar-refractivity contribution is 7.92. The lowest BCUT2D eigenvalue weighted by Crippen LogP contribution is -2.29. The molecule has 0 unspecified atom stereocenters. The molecule has 0 aliphatic heterocycles. The van der Waals surface area contributed by atoms with Gasteiger partial charge in [0.1, 0.15) is 5.75 Å². The van der Waals surface area contributed by atoms with Crippen LogP contribution in [0, 0.1) is 0 Å². The molecule has 0 saturated heterocycles. The average Bonchev–Trinajstić information content (AvgIpc) is 2.78. The van der Waals surface area contributed by atoms with E-state index < -0.39 is 10.0 Å². The third-order valence-corrected chi connectivity index (χ3v) is 5.64. The summed E-state index contributed by atoms with van der Waals surface area (Å²) in [7, 11) is -1.90. The Morgan fingerprint density at radius 3 is 2.29 bits per heavy atom. The van der Waals surface area contributed by atoms with E-state index >= 15 is 0 Å². The van der Waals surface area contributed by atoms with Gasteiger partial charge in [0.2, 0.25) is 10.0 Å². The SMILES string of the molecule is COc1ccccc1/C=N\NC(=O)c1ccc(CN(c2ccccc2)S(C)(=O)=O)cc1. The molecule has 0 radical (unpaired) electrons. The van der Waals surface area contributed by atoms with Crippen LogP contribution in [0.2, 0.25) is 0 Å². The van der Waals surface area contributed by atoms with E-state index in [1.54, 1.807) is 61.7 Å². The summed E-state index contributed by atoms with van der Waals surface area (Å²) >= 11 is 0. The minimum Gasteiger partial charge on any atom is -0.496 e. The Labute approximate surface area is 182 Å². The molecule has 0 aromatic heterocycles. The molecule has 8 heteroatoms. The molecule has 160 valence electrons. The maximum absolute atomic E-state index is 12.3. The van der Waals surface area contributed by atoms with Gasteiger partial charge < -0.3 is 4.74 Å². The van der Waals surface area contributed by atoms with Crippen molar-refractivity contribution in [3.05, 3.63) is 95.6 Å². The summed E-state index contributed by atoms with van der Waals surface area (Å²) in [5, 5.41) is 3.98. The van der Waals surface area contributed by atoms with Crippen molar-refractivity contribution in [3.63, 3.8) is 0 Å². The van der Waals surface area contributed by atoms with Crippen LogP contribution in [0.5, 0.6) is 5.75 Å². The summed E-state index contributed by atoms with van der Waals surface area (Å²) in [5.41, 5.74) is 4.96. The number of hydrazone groups is 1. The first-order chi connectivity index (χ1) is 14.9. The number of methoxy groups -OCH3 is 1. The van der Waals surface area contributed by atoms with Crippen molar-refractivity contribution in [3.8, 4) is 5.75 Å². The molecular formula is C23H23N3O4S. The fourth-order valence-electron chi connectivity index (χ4n) is 2.92. The highest BCUT2D eigenvalue weighted by Gasteiger charge is 2.17. The normalized spacial score (nSPS) is 11.3. The Morgan fingerprint density at radius 1 is 1.00 bits per heavy atom. The van der Waals surface area contributed by atoms with Gasteiger partial charge >= 0.3 is 0 Å². The highest BCUT2D eigenvalue weighted by Crippen LogP contribution is 2.20. The summed E-state index contributed by atoms with van der Waals surface area (Å²) in [5.74, 6) is 0.277. The van der Waals surface area contributed by atoms with Crippen molar-refractivity contribution in [2.24, 2.45) is 5.10 Å². The van der Waals surface area contributed by atoms with Crippen LogP contribution < -0.4 is 14.5 Å². The molecule has 7 nitrogen and oxygen atoms in total. The van der Waals surface area contributed by atoms with E-state index in [2.05, 4.69) is 10.5 Å². The first-order valence-electron chi connectivity index (χ1n) is 9.46. The van der Waals surface area contributed by atoms with E-state index in [-0.39, 0.29) is 12.5 Å². The van der Waals surface area contributed by atoms with Crippen molar-refractivity contribution in [2.75, 3.05) is 17.7 Å². The van der Waals surface area contributed by atoms with E-state index in [1.807, 2.05) is 24.3 Å². The third kappa shape index (κ3) is 5.93. The molecule has 0 bridgehead atoms. The second-order valence-corrected chi connectivity index (χ2v) is 8.65. The zero-order chi connectivity index (χ0) is 22.3. The molecule has 0 spiro atoms. The molecule has 0 saturated carbocycles. The van der Waals surface area contributed by atoms with Gasteiger partial charge in [-0.25, -0.2) is 13.8 Å². The van der Waals surface area contributed by atoms with Crippen molar-refractivity contribution in [1.82, 2.24) is 5.43 Å². The number of amides is 1. The van der Waals surface area contributed by atoms with Crippen LogP contribution in [-0.2, 0) is 16.6 Å². The number of nitrogens with zero attached hydrogens (tertiary/aromatic N) is 2. The lowest BCUT2D eigenvalue weighted by Gasteiger charge is -2.22. The van der Waals surface area contributed by atoms with E-state index in [9.17, 15) is 13.2 Å². The number of nitrogens with one attached hydrogen (secondary N) is 1. The minimum absolute atomic E-state index is 0.163. The van der Waals surface area contributed by atoms with Crippen LogP contribution in [0.25, 0.3) is 0 Å². The monoisotopic (exact) mass is 437 g/mol. The van der Waals surface area contributed by atoms with Gasteiger partial charge in [0.25, 0.3) is 5.91 Å². The number of hydrogen-bond acceptors (Lipinski definition) is 5. The van der Waals surface area contributed by atoms with Gasteiger partial charge in [0.15, 0.2) is 0 Å². The Morgan fingerprint density at radius 2 is 1.65 bits per heavy atom. The molecular weight excluding hydrogens is 414 g/mol. The Hall–Kier alpha value is -3.65. The maximum Gasteiger partial charge on any atom is 0.271 e. The zero-order valence-corrected chi connectivity index (χ0v) is 18.0. The predicted molar refractivity (Wildman–Crippen MR) is 122 cm³/mol. The third-order valence-electron chi connectivity index (χ3n) is 4.50. The molecule has 31 heavy (non-hydrogen) atoms. The van der Waals surface area contributed by atoms with Gasteiger partial charge in [-0.05, 0) is 42.0 Å². The summed E-state index contributed by atoms with van der Waals surface area (Å²) in [4.78, 5) is 12.3. The molecule has 1 amide bonds. The number of hydrogen-bond donors (Lipinski definition) is 1. The fraction of sp³-hybridized carbons (Fsp3) is 0.130. The molecule has 0 aliphatic rings. The van der Waals surface area contributed by atoms with Crippen molar-refractivity contribution >= 4 is 27.8 Å². The van der Waals surface area contributed by atoms with Crippen molar-refractivity contribution in [1.29, 1.82) is 0 Å². The van der Waals surface area contributed by atoms with Gasteiger partial charge in [0.05, 0.1) is 31.8 Å². The molecule has 0 fully saturated rings. The predicted octanol–water partition coefficient (Wildman–Crippen LogP) is 3.43. The topological polar surface area (TPSA) is 88.1 Å². The summed E-state index contributed by atoms with van der Waals surface area (Å²) in [6.07, 6.45) is 2.68. The number of rotatable bonds is 8. The Kier molecular flexibility index (Phi) is 7.04. The quantitative estimate of drug-likeness (QED) is 0.432. The van der Waals surface area contributed by atoms with E-state index in [0.29, 0.717) is 17.0 Å². The lowest BCUT2D eigenvalue weighted by atomic mass is 10.1. The Bertz CT molecular complexity index is 1160. The minimum atomic E-state index is -3.46. The van der Waals surface area contributed by atoms with Gasteiger partial charge in [-0.15, -0.1) is 0 Å². The number of ether oxygens (including phenoxy) is 1. The second kappa shape index (κ2) is 9.90. The van der Waals surface area contributed by atoms with Gasteiger partial charge in [-0.3, -0.25) is 9.10 Å². The molecule has 0 heterocycles. The van der Waals surface area contributed by atoms with Gasteiger partial charge in [-0.1, -0.05) is 42.5 Å². The molecule has 0 aliphatic carbocycles. The standard InChI is InChI=1S/C23H23N3O4S/c1-30-22-11-7-6-8-20(22)16-24-25-23(27)19-14-12-18(13-15-19)17-26(31(2,28)29)21-9-4-3-5-10-21/h3-16H,17H2,1-2H3,(H,25,27)/b24-16-. The summed E-state index contributed by atoms with van der Waals surface area (Å²) in [6.45, 7) is 0.163. The first-order valence-corrected chi connectivity index (χ1v) is 11.3. The van der Waals surface area contributed by atoms with Gasteiger partial charge in [-0.2, -0.15) is 5.10 Å². The van der Waals surface area contributed by atoms with Crippen LogP contribution in [0.4, 0.5) is 5.69 Å². The molecule has 3 aromatic rings. The van der Waals surface area contributed by atoms with Crippen molar-refractivity contribution in [2.45, 2.75) is 6.54 Å². The first kappa shape index (κ1) is 22.0. The smallest absolute Gasteiger partial charge is 0.271 e. The van der Waals surface area contributed by atoms with Crippen LogP contribution in [-0.4, -0.2) is 33.9 Å². The molecule has 3 rings (SSSR count). The fourth-order valence-corrected chi connectivity index (χ4v) is 3.81. The zero-order valence-electron chi connectivity index (χ0n) is 17.2. The van der Waals surface area contributed by atoms with E-state index in [0.717, 1.165) is 11.1 Å². The summed E-state index contributed by atoms with van der Waals surface area (Å²) in [6, 6.07) is 22.9. The van der Waals surface area contributed by atoms with Crippen molar-refractivity contribution < 1.29 is 17.9 Å². The van der Waals surface area contributed by atoms with Gasteiger partial charge in [0, 0.05) is 11.1 Å².